The third-order valence-electron chi connectivity index (χ3n) is 6.42. The molecule has 2 bridgehead atoms. The van der Waals surface area contributed by atoms with E-state index in [1.54, 1.807) is 4.68 Å². The Balaban J connectivity index is 1.48. The summed E-state index contributed by atoms with van der Waals surface area (Å²) < 4.78 is 7.94. The molecule has 0 saturated carbocycles. The first-order valence-electron chi connectivity index (χ1n) is 10.7. The Hall–Kier alpha value is -2.86. The molecule has 4 heterocycles. The van der Waals surface area contributed by atoms with E-state index < -0.39 is 0 Å². The molecular formula is C24H25ClN4O2. The fourth-order valence-electron chi connectivity index (χ4n) is 4.59. The van der Waals surface area contributed by atoms with Gasteiger partial charge in [-0.25, -0.2) is 0 Å². The van der Waals surface area contributed by atoms with Gasteiger partial charge < -0.3 is 9.64 Å². The maximum Gasteiger partial charge on any atom is 0.257 e. The van der Waals surface area contributed by atoms with Gasteiger partial charge in [0.05, 0.1) is 16.8 Å². The zero-order chi connectivity index (χ0) is 21.7. The van der Waals surface area contributed by atoms with Crippen molar-refractivity contribution in [1.82, 2.24) is 19.9 Å². The second-order valence-electron chi connectivity index (χ2n) is 8.61. The van der Waals surface area contributed by atoms with Crippen molar-refractivity contribution in [3.63, 3.8) is 0 Å². The van der Waals surface area contributed by atoms with Crippen LogP contribution in [0.2, 0.25) is 5.02 Å². The third-order valence-corrected chi connectivity index (χ3v) is 6.88. The van der Waals surface area contributed by atoms with Crippen LogP contribution in [0.25, 0.3) is 11.3 Å². The molecule has 3 aromatic rings. The predicted molar refractivity (Wildman–Crippen MR) is 120 cm³/mol. The first kappa shape index (κ1) is 20.1. The van der Waals surface area contributed by atoms with Crippen LogP contribution in [0, 0.1) is 6.92 Å². The van der Waals surface area contributed by atoms with Crippen LogP contribution < -0.4 is 4.74 Å². The fourth-order valence-corrected chi connectivity index (χ4v) is 4.85. The Kier molecular flexibility index (Phi) is 4.97. The number of fused-ring (bicyclic) bond motifs is 2. The van der Waals surface area contributed by atoms with Crippen LogP contribution in [-0.4, -0.2) is 44.5 Å². The highest BCUT2D eigenvalue weighted by Crippen LogP contribution is 2.40. The molecular weight excluding hydrogens is 412 g/mol. The number of hydrogen-bond acceptors (Lipinski definition) is 4. The summed E-state index contributed by atoms with van der Waals surface area (Å²) in [4.78, 5) is 15.3. The van der Waals surface area contributed by atoms with Crippen LogP contribution in [0.3, 0.4) is 0 Å². The average Bonchev–Trinajstić information content (AvgIpc) is 3.19. The zero-order valence-corrected chi connectivity index (χ0v) is 18.7. The number of piperidine rings is 1. The van der Waals surface area contributed by atoms with Crippen LogP contribution in [0.15, 0.2) is 36.5 Å². The van der Waals surface area contributed by atoms with Crippen LogP contribution in [0.5, 0.6) is 5.75 Å². The molecule has 0 radical (unpaired) electrons. The molecule has 1 amide bonds. The van der Waals surface area contributed by atoms with Gasteiger partial charge in [0.1, 0.15) is 11.8 Å². The molecule has 3 aliphatic heterocycles. The van der Waals surface area contributed by atoms with Gasteiger partial charge in [0.25, 0.3) is 5.91 Å². The van der Waals surface area contributed by atoms with Crippen LogP contribution in [0.1, 0.15) is 46.8 Å². The van der Waals surface area contributed by atoms with Gasteiger partial charge in [0.15, 0.2) is 5.75 Å². The zero-order valence-electron chi connectivity index (χ0n) is 17.9. The molecule has 2 aromatic carbocycles. The summed E-state index contributed by atoms with van der Waals surface area (Å²) in [5.41, 5.74) is 5.59. The fraction of sp³-hybridized carbons (Fsp3) is 0.375. The molecule has 31 heavy (non-hydrogen) atoms. The molecule has 0 spiro atoms. The lowest BCUT2D eigenvalue weighted by molar-refractivity contribution is 0.0349. The number of aromatic nitrogens is 3. The SMILES string of the molecule is Cc1c(Cc2ccc(-c3cn(C)nn3)cc2)cc2c(c1Cl)O[C@H]1CCN(C2=O)[C@@H](C)C1. The Labute approximate surface area is 186 Å². The average molecular weight is 437 g/mol. The summed E-state index contributed by atoms with van der Waals surface area (Å²) in [6.45, 7) is 4.82. The molecule has 1 aromatic heterocycles. The van der Waals surface area contributed by atoms with Gasteiger partial charge in [-0.3, -0.25) is 9.48 Å². The number of carbonyl (C=O) groups is 1. The van der Waals surface area contributed by atoms with Crippen molar-refractivity contribution in [3.8, 4) is 17.0 Å². The van der Waals surface area contributed by atoms with Crippen molar-refractivity contribution < 1.29 is 9.53 Å². The number of hydrogen-bond donors (Lipinski definition) is 0. The van der Waals surface area contributed by atoms with Gasteiger partial charge in [-0.05, 0) is 43.0 Å². The van der Waals surface area contributed by atoms with Crippen molar-refractivity contribution in [2.45, 2.75) is 45.3 Å². The van der Waals surface area contributed by atoms with Gasteiger partial charge >= 0.3 is 0 Å². The molecule has 0 N–H and O–H groups in total. The van der Waals surface area contributed by atoms with Gasteiger partial charge in [-0.15, -0.1) is 5.10 Å². The van der Waals surface area contributed by atoms with E-state index in [0.29, 0.717) is 22.8 Å². The number of ether oxygens (including phenoxy) is 1. The third kappa shape index (κ3) is 3.59. The van der Waals surface area contributed by atoms with Gasteiger partial charge in [-0.1, -0.05) is 41.1 Å². The molecule has 6 rings (SSSR count). The van der Waals surface area contributed by atoms with E-state index in [-0.39, 0.29) is 18.1 Å². The normalized spacial score (nSPS) is 20.3. The Morgan fingerprint density at radius 1 is 1.26 bits per heavy atom. The van der Waals surface area contributed by atoms with E-state index in [4.69, 9.17) is 16.3 Å². The summed E-state index contributed by atoms with van der Waals surface area (Å²) in [5.74, 6) is 0.564. The summed E-state index contributed by atoms with van der Waals surface area (Å²) in [6, 6.07) is 10.4. The number of carbonyl (C=O) groups excluding carboxylic acids is 1. The highest BCUT2D eigenvalue weighted by atomic mass is 35.5. The summed E-state index contributed by atoms with van der Waals surface area (Å²) in [6.07, 6.45) is 4.38. The molecule has 2 atom stereocenters. The largest absolute Gasteiger partial charge is 0.488 e. The smallest absolute Gasteiger partial charge is 0.257 e. The van der Waals surface area contributed by atoms with E-state index in [2.05, 4.69) is 29.4 Å². The lowest BCUT2D eigenvalue weighted by Gasteiger charge is -2.41. The van der Waals surface area contributed by atoms with Crippen molar-refractivity contribution in [2.24, 2.45) is 7.05 Å². The van der Waals surface area contributed by atoms with Crippen molar-refractivity contribution in [3.05, 3.63) is 63.8 Å². The van der Waals surface area contributed by atoms with Gasteiger partial charge in [-0.2, -0.15) is 0 Å². The molecule has 0 unspecified atom stereocenters. The minimum atomic E-state index is 0.0156. The number of rotatable bonds is 3. The van der Waals surface area contributed by atoms with Gasteiger partial charge in [0.2, 0.25) is 0 Å². The molecule has 0 aliphatic carbocycles. The standard InChI is InChI=1S/C24H25ClN4O2/c1-14-10-19-8-9-29(14)24(30)20-12-18(15(2)22(25)23(20)31-19)11-16-4-6-17(7-5-16)21-13-28(3)27-26-21/h4-7,12-14,19H,8-11H2,1-3H3/t14-,19-/m0/s1. The first-order chi connectivity index (χ1) is 14.9. The van der Waals surface area contributed by atoms with E-state index in [1.807, 2.05) is 43.3 Å². The maximum absolute atomic E-state index is 13.3. The molecule has 7 heteroatoms. The number of aryl methyl sites for hydroxylation is 1. The van der Waals surface area contributed by atoms with Crippen molar-refractivity contribution in [1.29, 1.82) is 0 Å². The minimum absolute atomic E-state index is 0.0156. The van der Waals surface area contributed by atoms with E-state index in [9.17, 15) is 4.79 Å². The summed E-state index contributed by atoms with van der Waals surface area (Å²) in [7, 11) is 1.85. The molecule has 3 aliphatic rings. The van der Waals surface area contributed by atoms with Crippen LogP contribution in [0.4, 0.5) is 0 Å². The monoisotopic (exact) mass is 436 g/mol. The Morgan fingerprint density at radius 2 is 2.03 bits per heavy atom. The Bertz CT molecular complexity index is 1160. The Morgan fingerprint density at radius 3 is 2.71 bits per heavy atom. The quantitative estimate of drug-likeness (QED) is 0.609. The number of amides is 1. The maximum atomic E-state index is 13.3. The molecule has 1 saturated heterocycles. The van der Waals surface area contributed by atoms with E-state index in [0.717, 1.165) is 47.3 Å². The number of nitrogens with zero attached hydrogens (tertiary/aromatic N) is 4. The summed E-state index contributed by atoms with van der Waals surface area (Å²) >= 11 is 6.74. The lowest BCUT2D eigenvalue weighted by Crippen LogP contribution is -2.49. The summed E-state index contributed by atoms with van der Waals surface area (Å²) in [5, 5.41) is 8.71. The molecule has 1 fully saturated rings. The number of halogens is 1. The first-order valence-corrected chi connectivity index (χ1v) is 11.0. The van der Waals surface area contributed by atoms with Crippen molar-refractivity contribution >= 4 is 17.5 Å². The van der Waals surface area contributed by atoms with Crippen molar-refractivity contribution in [2.75, 3.05) is 6.54 Å². The second-order valence-corrected chi connectivity index (χ2v) is 8.99. The van der Waals surface area contributed by atoms with E-state index >= 15 is 0 Å². The highest BCUT2D eigenvalue weighted by molar-refractivity contribution is 6.33. The molecule has 6 nitrogen and oxygen atoms in total. The predicted octanol–water partition coefficient (Wildman–Crippen LogP) is 4.42. The highest BCUT2D eigenvalue weighted by Gasteiger charge is 2.36. The van der Waals surface area contributed by atoms with Crippen LogP contribution in [-0.2, 0) is 13.5 Å². The topological polar surface area (TPSA) is 60.2 Å². The van der Waals surface area contributed by atoms with E-state index in [1.165, 1.54) is 0 Å². The van der Waals surface area contributed by atoms with Crippen LogP contribution >= 0.6 is 11.6 Å². The number of benzene rings is 2. The second kappa shape index (κ2) is 7.68. The van der Waals surface area contributed by atoms with Gasteiger partial charge in [0, 0.05) is 38.0 Å². The molecule has 160 valence electrons. The minimum Gasteiger partial charge on any atom is -0.488 e. The lowest BCUT2D eigenvalue weighted by atomic mass is 9.93.